The molecule has 4 heterocycles. The van der Waals surface area contributed by atoms with Gasteiger partial charge >= 0.3 is 5.97 Å². The fourth-order valence-corrected chi connectivity index (χ4v) is 5.73. The summed E-state index contributed by atoms with van der Waals surface area (Å²) in [5.41, 5.74) is 1.12. The molecule has 1 aromatic heterocycles. The van der Waals surface area contributed by atoms with Crippen LogP contribution in [0.1, 0.15) is 56.2 Å². The van der Waals surface area contributed by atoms with Gasteiger partial charge in [-0.05, 0) is 50.5 Å². The van der Waals surface area contributed by atoms with Gasteiger partial charge in [0.05, 0.1) is 24.6 Å². The van der Waals surface area contributed by atoms with E-state index in [2.05, 4.69) is 4.98 Å². The number of carbonyl (C=O) groups is 2. The summed E-state index contributed by atoms with van der Waals surface area (Å²) in [7, 11) is 3.87. The maximum Gasteiger partial charge on any atom is 0.307 e. The van der Waals surface area contributed by atoms with Gasteiger partial charge in [0.2, 0.25) is 11.9 Å². The summed E-state index contributed by atoms with van der Waals surface area (Å²) in [5.74, 6) is 0.206. The van der Waals surface area contributed by atoms with Crippen molar-refractivity contribution >= 4 is 17.8 Å². The molecular weight excluding hydrogens is 384 g/mol. The number of rotatable bonds is 2. The lowest BCUT2D eigenvalue weighted by Gasteiger charge is -2.45. The third kappa shape index (κ3) is 3.07. The van der Waals surface area contributed by atoms with E-state index in [9.17, 15) is 9.59 Å². The van der Waals surface area contributed by atoms with E-state index in [1.165, 1.54) is 0 Å². The lowest BCUT2D eigenvalue weighted by Crippen LogP contribution is -2.52. The molecule has 0 N–H and O–H groups in total. The summed E-state index contributed by atoms with van der Waals surface area (Å²) in [6.45, 7) is 1.88. The molecule has 1 atom stereocenters. The van der Waals surface area contributed by atoms with Crippen LogP contribution < -0.4 is 4.90 Å². The average Bonchev–Trinajstić information content (AvgIpc) is 3.34. The second kappa shape index (κ2) is 7.18. The smallest absolute Gasteiger partial charge is 0.307 e. The summed E-state index contributed by atoms with van der Waals surface area (Å²) in [6.07, 6.45) is 8.06. The predicted molar refractivity (Wildman–Crippen MR) is 109 cm³/mol. The fourth-order valence-electron chi connectivity index (χ4n) is 5.73. The van der Waals surface area contributed by atoms with E-state index in [1.54, 1.807) is 0 Å². The number of ether oxygens (including phenoxy) is 2. The van der Waals surface area contributed by atoms with Crippen molar-refractivity contribution in [3.05, 3.63) is 17.5 Å². The van der Waals surface area contributed by atoms with E-state index in [0.29, 0.717) is 38.5 Å². The van der Waals surface area contributed by atoms with Crippen molar-refractivity contribution in [2.75, 3.05) is 38.7 Å². The number of hydrogen-bond acceptors (Lipinski definition) is 7. The minimum absolute atomic E-state index is 0.0744. The van der Waals surface area contributed by atoms with Crippen LogP contribution in [-0.2, 0) is 31.1 Å². The van der Waals surface area contributed by atoms with E-state index in [1.807, 2.05) is 30.1 Å². The largest absolute Gasteiger partial charge is 0.458 e. The van der Waals surface area contributed by atoms with Gasteiger partial charge in [-0.2, -0.15) is 0 Å². The highest BCUT2D eigenvalue weighted by Crippen LogP contribution is 2.47. The standard InChI is InChI=1S/C22H30N4O4/c1-25(2)20-23-14-15-5-12-29-22(18(15)24-20)8-10-26(11-9-22)19(28)16-13-17(27)30-21(16)6-3-4-7-21/h14,16H,3-13H2,1-2H3. The molecule has 2 saturated heterocycles. The van der Waals surface area contributed by atoms with Crippen molar-refractivity contribution in [1.29, 1.82) is 0 Å². The van der Waals surface area contributed by atoms with Crippen molar-refractivity contribution in [1.82, 2.24) is 14.9 Å². The van der Waals surface area contributed by atoms with E-state index < -0.39 is 11.2 Å². The minimum Gasteiger partial charge on any atom is -0.458 e. The zero-order valence-electron chi connectivity index (χ0n) is 17.9. The Labute approximate surface area is 176 Å². The summed E-state index contributed by atoms with van der Waals surface area (Å²) in [5, 5.41) is 0. The first-order valence-corrected chi connectivity index (χ1v) is 11.1. The van der Waals surface area contributed by atoms with Gasteiger partial charge in [-0.1, -0.05) is 0 Å². The van der Waals surface area contributed by atoms with Crippen molar-refractivity contribution in [2.45, 2.75) is 62.6 Å². The van der Waals surface area contributed by atoms with Crippen molar-refractivity contribution in [2.24, 2.45) is 5.92 Å². The zero-order valence-corrected chi connectivity index (χ0v) is 17.9. The Balaban J connectivity index is 1.34. The minimum atomic E-state index is -0.551. The number of nitrogens with zero attached hydrogens (tertiary/aromatic N) is 4. The van der Waals surface area contributed by atoms with Gasteiger partial charge in [-0.25, -0.2) is 9.97 Å². The Hall–Kier alpha value is -2.22. The zero-order chi connectivity index (χ0) is 20.9. The van der Waals surface area contributed by atoms with Crippen LogP contribution in [0.4, 0.5) is 5.95 Å². The SMILES string of the molecule is CN(C)c1ncc2c(n1)C1(CCN(C(=O)C3CC(=O)OC34CCCC4)CC1)OCC2. The van der Waals surface area contributed by atoms with Gasteiger partial charge in [0.15, 0.2) is 0 Å². The molecule has 1 unspecified atom stereocenters. The molecule has 30 heavy (non-hydrogen) atoms. The van der Waals surface area contributed by atoms with Gasteiger partial charge in [0.25, 0.3) is 0 Å². The highest BCUT2D eigenvalue weighted by Gasteiger charge is 2.55. The van der Waals surface area contributed by atoms with Crippen LogP contribution in [0.25, 0.3) is 0 Å². The van der Waals surface area contributed by atoms with Crippen LogP contribution in [0.3, 0.4) is 0 Å². The summed E-state index contributed by atoms with van der Waals surface area (Å²) < 4.78 is 12.0. The lowest BCUT2D eigenvalue weighted by molar-refractivity contribution is -0.154. The van der Waals surface area contributed by atoms with E-state index in [-0.39, 0.29) is 24.2 Å². The molecule has 0 radical (unpaired) electrons. The highest BCUT2D eigenvalue weighted by atomic mass is 16.6. The molecule has 162 valence electrons. The fraction of sp³-hybridized carbons (Fsp3) is 0.727. The monoisotopic (exact) mass is 414 g/mol. The Morgan fingerprint density at radius 1 is 1.20 bits per heavy atom. The number of aromatic nitrogens is 2. The molecule has 8 heteroatoms. The molecule has 1 aliphatic carbocycles. The maximum atomic E-state index is 13.4. The third-order valence-electron chi connectivity index (χ3n) is 7.39. The molecule has 8 nitrogen and oxygen atoms in total. The average molecular weight is 415 g/mol. The summed E-state index contributed by atoms with van der Waals surface area (Å²) in [6, 6.07) is 0. The molecule has 1 aromatic rings. The Morgan fingerprint density at radius 3 is 2.63 bits per heavy atom. The number of piperidine rings is 1. The lowest BCUT2D eigenvalue weighted by atomic mass is 9.81. The van der Waals surface area contributed by atoms with Gasteiger partial charge < -0.3 is 19.3 Å². The molecule has 2 spiro atoms. The third-order valence-corrected chi connectivity index (χ3v) is 7.39. The van der Waals surface area contributed by atoms with Crippen LogP contribution in [0, 0.1) is 5.92 Å². The van der Waals surface area contributed by atoms with E-state index in [0.717, 1.165) is 43.4 Å². The van der Waals surface area contributed by atoms with Crippen molar-refractivity contribution in [3.8, 4) is 0 Å². The first-order valence-electron chi connectivity index (χ1n) is 11.1. The van der Waals surface area contributed by atoms with Crippen LogP contribution >= 0.6 is 0 Å². The molecule has 0 bridgehead atoms. The Morgan fingerprint density at radius 2 is 1.93 bits per heavy atom. The van der Waals surface area contributed by atoms with Crippen molar-refractivity contribution in [3.63, 3.8) is 0 Å². The van der Waals surface area contributed by atoms with Crippen LogP contribution in [0.15, 0.2) is 6.20 Å². The summed E-state index contributed by atoms with van der Waals surface area (Å²) in [4.78, 5) is 38.5. The van der Waals surface area contributed by atoms with Crippen molar-refractivity contribution < 1.29 is 19.1 Å². The first kappa shape index (κ1) is 19.7. The number of esters is 1. The van der Waals surface area contributed by atoms with E-state index in [4.69, 9.17) is 14.5 Å². The number of likely N-dealkylation sites (tertiary alicyclic amines) is 1. The molecule has 0 aromatic carbocycles. The first-order chi connectivity index (χ1) is 14.4. The second-order valence-corrected chi connectivity index (χ2v) is 9.36. The van der Waals surface area contributed by atoms with Gasteiger partial charge in [-0.15, -0.1) is 0 Å². The number of anilines is 1. The number of carbonyl (C=O) groups excluding carboxylic acids is 2. The van der Waals surface area contributed by atoms with Gasteiger partial charge in [0, 0.05) is 33.4 Å². The number of hydrogen-bond donors (Lipinski definition) is 0. The van der Waals surface area contributed by atoms with Crippen LogP contribution in [-0.4, -0.2) is 66.1 Å². The number of amides is 1. The van der Waals surface area contributed by atoms with Crippen LogP contribution in [0.5, 0.6) is 0 Å². The molecule has 5 rings (SSSR count). The molecule has 3 aliphatic heterocycles. The number of fused-ring (bicyclic) bond motifs is 2. The van der Waals surface area contributed by atoms with Gasteiger partial charge in [0.1, 0.15) is 11.2 Å². The maximum absolute atomic E-state index is 13.4. The predicted octanol–water partition coefficient (Wildman–Crippen LogP) is 1.81. The molecule has 4 aliphatic rings. The molecule has 3 fully saturated rings. The second-order valence-electron chi connectivity index (χ2n) is 9.36. The summed E-state index contributed by atoms with van der Waals surface area (Å²) >= 11 is 0. The normalized spacial score (nSPS) is 26.7. The molecule has 1 saturated carbocycles. The quantitative estimate of drug-likeness (QED) is 0.682. The van der Waals surface area contributed by atoms with Gasteiger partial charge in [-0.3, -0.25) is 9.59 Å². The Bertz CT molecular complexity index is 857. The highest BCUT2D eigenvalue weighted by molar-refractivity contribution is 5.88. The Kier molecular flexibility index (Phi) is 4.72. The van der Waals surface area contributed by atoms with Crippen LogP contribution in [0.2, 0.25) is 0 Å². The molecular formula is C22H30N4O4. The topological polar surface area (TPSA) is 84.9 Å². The van der Waals surface area contributed by atoms with E-state index >= 15 is 0 Å². The molecule has 1 amide bonds.